The van der Waals surface area contributed by atoms with Crippen LogP contribution < -0.4 is 5.73 Å². The molecule has 0 bridgehead atoms. The van der Waals surface area contributed by atoms with Crippen molar-refractivity contribution in [1.29, 1.82) is 0 Å². The molecular weight excluding hydrogens is 284 g/mol. The highest BCUT2D eigenvalue weighted by atomic mass is 35.5. The van der Waals surface area contributed by atoms with Crippen LogP contribution >= 0.6 is 11.6 Å². The van der Waals surface area contributed by atoms with Gasteiger partial charge in [0.2, 0.25) is 5.91 Å². The summed E-state index contributed by atoms with van der Waals surface area (Å²) in [6.07, 6.45) is 4.12. The highest BCUT2D eigenvalue weighted by Crippen LogP contribution is 2.50. The van der Waals surface area contributed by atoms with Gasteiger partial charge in [-0.1, -0.05) is 37.1 Å². The number of hydrogen-bond donors (Lipinski definition) is 1. The number of carbonyl (C=O) groups is 1. The zero-order chi connectivity index (χ0) is 15.0. The molecule has 0 spiro atoms. The molecule has 21 heavy (non-hydrogen) atoms. The zero-order valence-corrected chi connectivity index (χ0v) is 13.3. The maximum atomic E-state index is 12.9. The predicted octanol–water partition coefficient (Wildman–Crippen LogP) is 2.96. The summed E-state index contributed by atoms with van der Waals surface area (Å²) in [4.78, 5) is 14.9. The highest BCUT2D eigenvalue weighted by molar-refractivity contribution is 6.30. The number of rotatable bonds is 4. The Kier molecular flexibility index (Phi) is 3.98. The van der Waals surface area contributed by atoms with Gasteiger partial charge in [-0.3, -0.25) is 4.79 Å². The van der Waals surface area contributed by atoms with Crippen LogP contribution in [0, 0.1) is 5.92 Å². The molecule has 1 saturated heterocycles. The molecular formula is C17H23ClN2O. The molecule has 1 amide bonds. The fourth-order valence-electron chi connectivity index (χ4n) is 3.56. The average Bonchev–Trinajstić information content (AvgIpc) is 3.20. The lowest BCUT2D eigenvalue weighted by atomic mass is 9.94. The molecule has 1 aromatic carbocycles. The van der Waals surface area contributed by atoms with Crippen LogP contribution in [-0.4, -0.2) is 29.9 Å². The Morgan fingerprint density at radius 1 is 1.33 bits per heavy atom. The van der Waals surface area contributed by atoms with Crippen molar-refractivity contribution in [3.8, 4) is 0 Å². The molecule has 1 aliphatic heterocycles. The minimum Gasteiger partial charge on any atom is -0.340 e. The summed E-state index contributed by atoms with van der Waals surface area (Å²) in [5.41, 5.74) is 7.01. The van der Waals surface area contributed by atoms with Gasteiger partial charge >= 0.3 is 0 Å². The molecule has 0 aromatic heterocycles. The molecule has 1 heterocycles. The van der Waals surface area contributed by atoms with Gasteiger partial charge in [0, 0.05) is 24.2 Å². The fourth-order valence-corrected chi connectivity index (χ4v) is 3.69. The molecule has 114 valence electrons. The van der Waals surface area contributed by atoms with Crippen molar-refractivity contribution in [2.45, 2.75) is 44.1 Å². The van der Waals surface area contributed by atoms with Crippen molar-refractivity contribution < 1.29 is 4.79 Å². The fraction of sp³-hybridized carbons (Fsp3) is 0.588. The van der Waals surface area contributed by atoms with E-state index in [1.807, 2.05) is 29.2 Å². The van der Waals surface area contributed by atoms with E-state index in [9.17, 15) is 4.79 Å². The van der Waals surface area contributed by atoms with Gasteiger partial charge in [-0.15, -0.1) is 0 Å². The normalized spacial score (nSPS) is 26.9. The maximum absolute atomic E-state index is 12.9. The number of hydrogen-bond acceptors (Lipinski definition) is 2. The molecule has 4 heteroatoms. The first-order valence-corrected chi connectivity index (χ1v) is 8.25. The molecule has 1 aromatic rings. The summed E-state index contributed by atoms with van der Waals surface area (Å²) in [7, 11) is 0. The Labute approximate surface area is 131 Å². The Morgan fingerprint density at radius 3 is 2.57 bits per heavy atom. The van der Waals surface area contributed by atoms with Crippen LogP contribution in [0.15, 0.2) is 24.3 Å². The summed E-state index contributed by atoms with van der Waals surface area (Å²) in [6.45, 7) is 3.70. The number of nitrogens with zero attached hydrogens (tertiary/aromatic N) is 1. The Morgan fingerprint density at radius 2 is 2.00 bits per heavy atom. The largest absolute Gasteiger partial charge is 0.340 e. The first-order chi connectivity index (χ1) is 10.1. The molecule has 0 radical (unpaired) electrons. The van der Waals surface area contributed by atoms with E-state index in [2.05, 4.69) is 6.92 Å². The van der Waals surface area contributed by atoms with E-state index in [1.54, 1.807) is 0 Å². The molecule has 2 unspecified atom stereocenters. The first kappa shape index (κ1) is 14.9. The maximum Gasteiger partial charge on any atom is 0.233 e. The van der Waals surface area contributed by atoms with Gasteiger partial charge < -0.3 is 10.6 Å². The number of nitrogens with two attached hydrogens (primary N) is 1. The molecule has 2 atom stereocenters. The lowest BCUT2D eigenvalue weighted by Gasteiger charge is -2.23. The van der Waals surface area contributed by atoms with Gasteiger partial charge in [-0.05, 0) is 42.9 Å². The Bertz CT molecular complexity index is 524. The first-order valence-electron chi connectivity index (χ1n) is 7.88. The quantitative estimate of drug-likeness (QED) is 0.929. The molecule has 3 nitrogen and oxygen atoms in total. The second-order valence-electron chi connectivity index (χ2n) is 6.51. The van der Waals surface area contributed by atoms with Crippen LogP contribution in [0.25, 0.3) is 0 Å². The lowest BCUT2D eigenvalue weighted by molar-refractivity contribution is -0.133. The summed E-state index contributed by atoms with van der Waals surface area (Å²) < 4.78 is 0. The molecule has 2 aliphatic rings. The van der Waals surface area contributed by atoms with E-state index in [1.165, 1.54) is 0 Å². The van der Waals surface area contributed by atoms with Crippen LogP contribution in [-0.2, 0) is 10.2 Å². The van der Waals surface area contributed by atoms with Gasteiger partial charge in [-0.25, -0.2) is 0 Å². The second kappa shape index (κ2) is 5.62. The second-order valence-corrected chi connectivity index (χ2v) is 6.95. The predicted molar refractivity (Wildman–Crippen MR) is 85.3 cm³/mol. The summed E-state index contributed by atoms with van der Waals surface area (Å²) in [6, 6.07) is 7.87. The Balaban J connectivity index is 1.75. The molecule has 1 saturated carbocycles. The molecule has 3 rings (SSSR count). The van der Waals surface area contributed by atoms with Crippen LogP contribution in [0.2, 0.25) is 5.02 Å². The number of amides is 1. The third-order valence-corrected chi connectivity index (χ3v) is 5.25. The third kappa shape index (κ3) is 2.69. The van der Waals surface area contributed by atoms with E-state index < -0.39 is 0 Å². The summed E-state index contributed by atoms with van der Waals surface area (Å²) >= 11 is 5.95. The van der Waals surface area contributed by atoms with Crippen molar-refractivity contribution in [2.24, 2.45) is 11.7 Å². The minimum atomic E-state index is -0.300. The molecule has 2 fully saturated rings. The monoisotopic (exact) mass is 306 g/mol. The van der Waals surface area contributed by atoms with E-state index in [0.717, 1.165) is 37.8 Å². The molecule has 1 aliphatic carbocycles. The van der Waals surface area contributed by atoms with Gasteiger partial charge in [0.1, 0.15) is 0 Å². The molecule has 2 N–H and O–H groups in total. The zero-order valence-electron chi connectivity index (χ0n) is 12.5. The van der Waals surface area contributed by atoms with Crippen LogP contribution in [0.4, 0.5) is 0 Å². The highest BCUT2D eigenvalue weighted by Gasteiger charge is 2.54. The summed E-state index contributed by atoms with van der Waals surface area (Å²) in [5, 5.41) is 0.716. The number of carbonyl (C=O) groups excluding carboxylic acids is 1. The van der Waals surface area contributed by atoms with Crippen molar-refractivity contribution in [3.63, 3.8) is 0 Å². The van der Waals surface area contributed by atoms with Crippen LogP contribution in [0.1, 0.15) is 38.2 Å². The topological polar surface area (TPSA) is 46.3 Å². The van der Waals surface area contributed by atoms with Crippen molar-refractivity contribution in [3.05, 3.63) is 34.9 Å². The standard InChI is InChI=1S/C17H23ClN2O/c1-2-3-12-10-20(11-15(12)19)16(21)17(8-9-17)13-4-6-14(18)7-5-13/h4-7,12,15H,2-3,8-11,19H2,1H3. The minimum absolute atomic E-state index is 0.134. The lowest BCUT2D eigenvalue weighted by Crippen LogP contribution is -2.39. The SMILES string of the molecule is CCCC1CN(C(=O)C2(c3ccc(Cl)cc3)CC2)CC1N. The van der Waals surface area contributed by atoms with E-state index in [0.29, 0.717) is 17.5 Å². The van der Waals surface area contributed by atoms with E-state index in [-0.39, 0.29) is 17.4 Å². The smallest absolute Gasteiger partial charge is 0.233 e. The van der Waals surface area contributed by atoms with Gasteiger partial charge in [0.05, 0.1) is 5.41 Å². The number of likely N-dealkylation sites (tertiary alicyclic amines) is 1. The van der Waals surface area contributed by atoms with Gasteiger partial charge in [0.25, 0.3) is 0 Å². The van der Waals surface area contributed by atoms with Crippen molar-refractivity contribution in [2.75, 3.05) is 13.1 Å². The van der Waals surface area contributed by atoms with Gasteiger partial charge in [0.15, 0.2) is 0 Å². The van der Waals surface area contributed by atoms with Crippen molar-refractivity contribution in [1.82, 2.24) is 4.90 Å². The number of benzene rings is 1. The van der Waals surface area contributed by atoms with E-state index in [4.69, 9.17) is 17.3 Å². The van der Waals surface area contributed by atoms with Crippen LogP contribution in [0.3, 0.4) is 0 Å². The Hall–Kier alpha value is -1.06. The third-order valence-electron chi connectivity index (χ3n) is 4.99. The van der Waals surface area contributed by atoms with Crippen LogP contribution in [0.5, 0.6) is 0 Å². The van der Waals surface area contributed by atoms with Crippen molar-refractivity contribution >= 4 is 17.5 Å². The number of halogens is 1. The van der Waals surface area contributed by atoms with Gasteiger partial charge in [-0.2, -0.15) is 0 Å². The summed E-state index contributed by atoms with van der Waals surface area (Å²) in [5.74, 6) is 0.721. The van der Waals surface area contributed by atoms with E-state index >= 15 is 0 Å². The average molecular weight is 307 g/mol.